The fraction of sp³-hybridized carbons (Fsp3) is 0.300. The molecule has 0 saturated carbocycles. The molecule has 0 radical (unpaired) electrons. The molecule has 0 fully saturated rings. The lowest BCUT2D eigenvalue weighted by Crippen LogP contribution is -2.07. The largest absolute Gasteiger partial charge is 0.496 e. The van der Waals surface area contributed by atoms with Crippen LogP contribution in [0.5, 0.6) is 11.5 Å². The number of halogens is 1. The van der Waals surface area contributed by atoms with E-state index in [-0.39, 0.29) is 23.7 Å². The molecule has 1 N–H and O–H groups in total. The predicted molar refractivity (Wildman–Crippen MR) is 51.1 cm³/mol. The molecule has 0 aromatic heterocycles. The Labute approximate surface area is 86.2 Å². The summed E-state index contributed by atoms with van der Waals surface area (Å²) in [4.78, 5) is 10.9. The molecule has 0 bridgehead atoms. The number of hydrogen-bond acceptors (Lipinski definition) is 3. The summed E-state index contributed by atoms with van der Waals surface area (Å²) in [6.07, 6.45) is 0. The minimum absolute atomic E-state index is 0.0763. The Balaban J connectivity index is 3.36. The van der Waals surface area contributed by atoms with E-state index in [4.69, 9.17) is 14.6 Å². The summed E-state index contributed by atoms with van der Waals surface area (Å²) in [6, 6.07) is 2.36. The van der Waals surface area contributed by atoms with Crippen molar-refractivity contribution in [2.24, 2.45) is 0 Å². The highest BCUT2D eigenvalue weighted by atomic mass is 19.1. The number of aromatic carboxylic acids is 1. The van der Waals surface area contributed by atoms with Crippen LogP contribution >= 0.6 is 0 Å². The van der Waals surface area contributed by atoms with E-state index < -0.39 is 11.8 Å². The summed E-state index contributed by atoms with van der Waals surface area (Å²) < 4.78 is 23.0. The summed E-state index contributed by atoms with van der Waals surface area (Å²) in [7, 11) is 1.31. The van der Waals surface area contributed by atoms with Crippen molar-refractivity contribution < 1.29 is 23.8 Å². The van der Waals surface area contributed by atoms with Gasteiger partial charge < -0.3 is 14.6 Å². The van der Waals surface area contributed by atoms with Crippen LogP contribution in [-0.4, -0.2) is 24.8 Å². The maximum Gasteiger partial charge on any atom is 0.343 e. The van der Waals surface area contributed by atoms with Crippen LogP contribution in [0.3, 0.4) is 0 Å². The third-order valence-electron chi connectivity index (χ3n) is 1.79. The Morgan fingerprint density at radius 3 is 2.67 bits per heavy atom. The Hall–Kier alpha value is -1.78. The molecular weight excluding hydrogens is 203 g/mol. The molecule has 82 valence electrons. The van der Waals surface area contributed by atoms with Crippen LogP contribution < -0.4 is 9.47 Å². The van der Waals surface area contributed by atoms with Crippen molar-refractivity contribution in [3.8, 4) is 11.5 Å². The summed E-state index contributed by atoms with van der Waals surface area (Å²) in [5.41, 5.74) is -0.292. The molecule has 1 aromatic carbocycles. The van der Waals surface area contributed by atoms with E-state index in [1.165, 1.54) is 13.2 Å². The monoisotopic (exact) mass is 214 g/mol. The van der Waals surface area contributed by atoms with Crippen molar-refractivity contribution in [2.75, 3.05) is 13.7 Å². The molecular formula is C10H11FO4. The minimum Gasteiger partial charge on any atom is -0.496 e. The molecule has 5 heteroatoms. The Morgan fingerprint density at radius 1 is 1.53 bits per heavy atom. The maximum atomic E-state index is 13.3. The van der Waals surface area contributed by atoms with Crippen LogP contribution in [0, 0.1) is 5.82 Å². The topological polar surface area (TPSA) is 55.8 Å². The number of benzene rings is 1. The van der Waals surface area contributed by atoms with Crippen LogP contribution in [-0.2, 0) is 0 Å². The Kier molecular flexibility index (Phi) is 3.49. The van der Waals surface area contributed by atoms with Crippen molar-refractivity contribution in [3.05, 3.63) is 23.5 Å². The lowest BCUT2D eigenvalue weighted by Gasteiger charge is -2.11. The van der Waals surface area contributed by atoms with E-state index in [0.29, 0.717) is 0 Å². The lowest BCUT2D eigenvalue weighted by molar-refractivity contribution is 0.0687. The highest BCUT2D eigenvalue weighted by molar-refractivity contribution is 5.94. The van der Waals surface area contributed by atoms with Crippen LogP contribution in [0.25, 0.3) is 0 Å². The fourth-order valence-corrected chi connectivity index (χ4v) is 1.20. The average molecular weight is 214 g/mol. The van der Waals surface area contributed by atoms with Crippen LogP contribution in [0.2, 0.25) is 0 Å². The number of ether oxygens (including phenoxy) is 2. The summed E-state index contributed by atoms with van der Waals surface area (Å²) in [6.45, 7) is 1.83. The maximum absolute atomic E-state index is 13.3. The lowest BCUT2D eigenvalue weighted by atomic mass is 10.1. The van der Waals surface area contributed by atoms with Crippen molar-refractivity contribution in [1.82, 2.24) is 0 Å². The highest BCUT2D eigenvalue weighted by Gasteiger charge is 2.21. The van der Waals surface area contributed by atoms with Gasteiger partial charge in [0.15, 0.2) is 11.6 Å². The zero-order valence-electron chi connectivity index (χ0n) is 8.41. The number of carboxylic acid groups (broad SMARTS) is 1. The fourth-order valence-electron chi connectivity index (χ4n) is 1.20. The van der Waals surface area contributed by atoms with Gasteiger partial charge in [0.25, 0.3) is 0 Å². The molecule has 0 aliphatic heterocycles. The van der Waals surface area contributed by atoms with Gasteiger partial charge in [0.1, 0.15) is 11.3 Å². The number of carbonyl (C=O) groups is 1. The van der Waals surface area contributed by atoms with Gasteiger partial charge in [0.05, 0.1) is 13.7 Å². The van der Waals surface area contributed by atoms with Crippen molar-refractivity contribution >= 4 is 5.97 Å². The summed E-state index contributed by atoms with van der Waals surface area (Å²) in [5.74, 6) is -2.21. The quantitative estimate of drug-likeness (QED) is 0.832. The molecule has 1 rings (SSSR count). The van der Waals surface area contributed by atoms with Gasteiger partial charge >= 0.3 is 5.97 Å². The summed E-state index contributed by atoms with van der Waals surface area (Å²) in [5, 5.41) is 8.90. The molecule has 0 aliphatic carbocycles. The van der Waals surface area contributed by atoms with E-state index in [0.717, 1.165) is 6.07 Å². The normalized spacial score (nSPS) is 9.80. The minimum atomic E-state index is -1.28. The number of methoxy groups -OCH3 is 1. The van der Waals surface area contributed by atoms with E-state index in [1.807, 2.05) is 0 Å². The van der Waals surface area contributed by atoms with Crippen LogP contribution in [0.1, 0.15) is 17.3 Å². The first kappa shape index (κ1) is 11.3. The van der Waals surface area contributed by atoms with Gasteiger partial charge in [-0.05, 0) is 19.1 Å². The number of rotatable bonds is 4. The van der Waals surface area contributed by atoms with Gasteiger partial charge in [-0.25, -0.2) is 9.18 Å². The second kappa shape index (κ2) is 4.63. The Morgan fingerprint density at radius 2 is 2.20 bits per heavy atom. The zero-order chi connectivity index (χ0) is 11.4. The zero-order valence-corrected chi connectivity index (χ0v) is 8.41. The molecule has 0 aliphatic rings. The van der Waals surface area contributed by atoms with Crippen molar-refractivity contribution in [2.45, 2.75) is 6.92 Å². The second-order valence-electron chi connectivity index (χ2n) is 2.69. The first-order valence-electron chi connectivity index (χ1n) is 4.34. The van der Waals surface area contributed by atoms with Gasteiger partial charge in [0.2, 0.25) is 0 Å². The highest BCUT2D eigenvalue weighted by Crippen LogP contribution is 2.31. The van der Waals surface area contributed by atoms with Gasteiger partial charge in [-0.2, -0.15) is 0 Å². The molecule has 15 heavy (non-hydrogen) atoms. The third-order valence-corrected chi connectivity index (χ3v) is 1.79. The SMILES string of the molecule is CCOc1c(F)ccc(OC)c1C(=O)O. The molecule has 0 heterocycles. The first-order chi connectivity index (χ1) is 7.11. The molecule has 0 saturated heterocycles. The van der Waals surface area contributed by atoms with E-state index >= 15 is 0 Å². The molecule has 0 spiro atoms. The smallest absolute Gasteiger partial charge is 0.343 e. The molecule has 1 aromatic rings. The Bertz CT molecular complexity index is 376. The third kappa shape index (κ3) is 2.18. The van der Waals surface area contributed by atoms with Crippen molar-refractivity contribution in [3.63, 3.8) is 0 Å². The number of carboxylic acids is 1. The molecule has 0 atom stereocenters. The second-order valence-corrected chi connectivity index (χ2v) is 2.69. The standard InChI is InChI=1S/C10H11FO4/c1-3-15-9-6(11)4-5-7(14-2)8(9)10(12)13/h4-5H,3H2,1-2H3,(H,12,13). The van der Waals surface area contributed by atoms with Crippen molar-refractivity contribution in [1.29, 1.82) is 0 Å². The average Bonchev–Trinajstić information content (AvgIpc) is 2.20. The van der Waals surface area contributed by atoms with Crippen LogP contribution in [0.15, 0.2) is 12.1 Å². The predicted octanol–water partition coefficient (Wildman–Crippen LogP) is 1.93. The van der Waals surface area contributed by atoms with E-state index in [9.17, 15) is 9.18 Å². The van der Waals surface area contributed by atoms with E-state index in [1.54, 1.807) is 6.92 Å². The van der Waals surface area contributed by atoms with Gasteiger partial charge in [-0.15, -0.1) is 0 Å². The molecule has 0 amide bonds. The molecule has 4 nitrogen and oxygen atoms in total. The number of hydrogen-bond donors (Lipinski definition) is 1. The van der Waals surface area contributed by atoms with Gasteiger partial charge in [-0.1, -0.05) is 0 Å². The van der Waals surface area contributed by atoms with Crippen LogP contribution in [0.4, 0.5) is 4.39 Å². The first-order valence-corrected chi connectivity index (χ1v) is 4.34. The van der Waals surface area contributed by atoms with E-state index in [2.05, 4.69) is 0 Å². The van der Waals surface area contributed by atoms with Gasteiger partial charge in [-0.3, -0.25) is 0 Å². The summed E-state index contributed by atoms with van der Waals surface area (Å²) >= 11 is 0. The molecule has 0 unspecified atom stereocenters. The van der Waals surface area contributed by atoms with Gasteiger partial charge in [0, 0.05) is 0 Å².